The first-order valence-electron chi connectivity index (χ1n) is 25.0. The summed E-state index contributed by atoms with van der Waals surface area (Å²) < 4.78 is 23.2. The predicted octanol–water partition coefficient (Wildman–Crippen LogP) is 13.8. The number of carbonyl (C=O) groups excluding carboxylic acids is 1. The molecule has 0 saturated heterocycles. The van der Waals surface area contributed by atoms with Crippen LogP contribution in [0.2, 0.25) is 0 Å². The smallest absolute Gasteiger partial charge is 0.268 e. The molecule has 0 aromatic carbocycles. The molecule has 2 N–H and O–H groups in total. The Labute approximate surface area is 371 Å². The molecule has 0 radical (unpaired) electrons. The molecule has 0 rings (SSSR count). The van der Waals surface area contributed by atoms with Gasteiger partial charge in [-0.3, -0.25) is 9.36 Å². The summed E-state index contributed by atoms with van der Waals surface area (Å²) in [5.74, 6) is -0.214. The molecule has 0 fully saturated rings. The van der Waals surface area contributed by atoms with Gasteiger partial charge in [0.15, 0.2) is 0 Å². The van der Waals surface area contributed by atoms with E-state index in [0.717, 1.165) is 44.9 Å². The monoisotopic (exact) mass is 865 g/mol. The molecule has 0 heterocycles. The molecular weight excluding hydrogens is 768 g/mol. The van der Waals surface area contributed by atoms with E-state index in [-0.39, 0.29) is 12.5 Å². The Kier molecular flexibility index (Phi) is 41.6. The minimum absolute atomic E-state index is 0.0100. The molecule has 3 unspecified atom stereocenters. The van der Waals surface area contributed by atoms with Crippen molar-refractivity contribution in [1.82, 2.24) is 5.32 Å². The van der Waals surface area contributed by atoms with Crippen molar-refractivity contribution in [1.29, 1.82) is 0 Å². The maximum absolute atomic E-state index is 12.9. The fourth-order valence-corrected chi connectivity index (χ4v) is 7.73. The number of phosphoric acid groups is 1. The molecule has 8 nitrogen and oxygen atoms in total. The van der Waals surface area contributed by atoms with E-state index in [1.165, 1.54) is 154 Å². The van der Waals surface area contributed by atoms with Crippen LogP contribution in [0.5, 0.6) is 0 Å². The van der Waals surface area contributed by atoms with Gasteiger partial charge in [0.25, 0.3) is 7.82 Å². The van der Waals surface area contributed by atoms with Gasteiger partial charge in [0.1, 0.15) is 13.2 Å². The summed E-state index contributed by atoms with van der Waals surface area (Å²) in [5.41, 5.74) is 0. The number of carbonyl (C=O) groups is 1. The SMILES string of the molecule is CCCCCCCC/C=C\CCCCCCCCCCCC(=O)NC(COP(=O)([O-])OCC[N+](C)(C)C)C(O)/C=C/CC/C=C/CC/C=C/CCCCCCCCCCC. The third-order valence-electron chi connectivity index (χ3n) is 11.0. The lowest BCUT2D eigenvalue weighted by molar-refractivity contribution is -0.870. The van der Waals surface area contributed by atoms with E-state index in [2.05, 4.69) is 55.6 Å². The molecule has 0 aromatic heterocycles. The molecule has 60 heavy (non-hydrogen) atoms. The van der Waals surface area contributed by atoms with E-state index in [1.807, 2.05) is 27.2 Å². The zero-order valence-electron chi connectivity index (χ0n) is 39.9. The summed E-state index contributed by atoms with van der Waals surface area (Å²) in [7, 11) is 1.23. The highest BCUT2D eigenvalue weighted by Gasteiger charge is 2.23. The highest BCUT2D eigenvalue weighted by Crippen LogP contribution is 2.38. The van der Waals surface area contributed by atoms with E-state index in [1.54, 1.807) is 6.08 Å². The van der Waals surface area contributed by atoms with Crippen molar-refractivity contribution >= 4 is 13.7 Å². The topological polar surface area (TPSA) is 108 Å². The number of likely N-dealkylation sites (N-methyl/N-ethyl adjacent to an activating group) is 1. The van der Waals surface area contributed by atoms with Crippen molar-refractivity contribution in [3.63, 3.8) is 0 Å². The minimum atomic E-state index is -4.60. The van der Waals surface area contributed by atoms with E-state index in [4.69, 9.17) is 9.05 Å². The van der Waals surface area contributed by atoms with Crippen LogP contribution in [-0.2, 0) is 18.4 Å². The van der Waals surface area contributed by atoms with Crippen LogP contribution in [0.15, 0.2) is 48.6 Å². The highest BCUT2D eigenvalue weighted by molar-refractivity contribution is 7.45. The zero-order chi connectivity index (χ0) is 44.3. The number of aliphatic hydroxyl groups is 1. The lowest BCUT2D eigenvalue weighted by atomic mass is 10.0. The molecule has 1 amide bonds. The van der Waals surface area contributed by atoms with Gasteiger partial charge in [0.05, 0.1) is 39.9 Å². The number of unbranched alkanes of at least 4 members (excludes halogenated alkanes) is 26. The molecule has 0 aliphatic heterocycles. The van der Waals surface area contributed by atoms with Crippen LogP contribution in [-0.4, -0.2) is 68.5 Å². The van der Waals surface area contributed by atoms with Gasteiger partial charge in [0, 0.05) is 6.42 Å². The fraction of sp³-hybridized carbons (Fsp3) is 0.824. The summed E-state index contributed by atoms with van der Waals surface area (Å²) in [6, 6.07) is -0.910. The second-order valence-electron chi connectivity index (χ2n) is 18.1. The number of hydrogen-bond donors (Lipinski definition) is 2. The molecule has 3 atom stereocenters. The first-order valence-corrected chi connectivity index (χ1v) is 26.5. The van der Waals surface area contributed by atoms with Crippen LogP contribution >= 0.6 is 7.82 Å². The largest absolute Gasteiger partial charge is 0.756 e. The molecule has 9 heteroatoms. The second kappa shape index (κ2) is 42.7. The van der Waals surface area contributed by atoms with E-state index in [0.29, 0.717) is 17.4 Å². The average molecular weight is 865 g/mol. The van der Waals surface area contributed by atoms with Crippen LogP contribution in [0.25, 0.3) is 0 Å². The van der Waals surface area contributed by atoms with E-state index in [9.17, 15) is 19.4 Å². The summed E-state index contributed by atoms with van der Waals surface area (Å²) in [5, 5.41) is 13.8. The number of rotatable bonds is 45. The summed E-state index contributed by atoms with van der Waals surface area (Å²) >= 11 is 0. The Morgan fingerprint density at radius 3 is 1.35 bits per heavy atom. The molecule has 352 valence electrons. The predicted molar refractivity (Wildman–Crippen MR) is 256 cm³/mol. The molecule has 0 spiro atoms. The fourth-order valence-electron chi connectivity index (χ4n) is 7.00. The average Bonchev–Trinajstić information content (AvgIpc) is 3.20. The van der Waals surface area contributed by atoms with Crippen LogP contribution in [0.3, 0.4) is 0 Å². The lowest BCUT2D eigenvalue weighted by Gasteiger charge is -2.29. The Balaban J connectivity index is 4.42. The van der Waals surface area contributed by atoms with Crippen LogP contribution in [0.4, 0.5) is 0 Å². The first-order chi connectivity index (χ1) is 29.0. The maximum atomic E-state index is 12.9. The van der Waals surface area contributed by atoms with E-state index < -0.39 is 26.6 Å². The van der Waals surface area contributed by atoms with Crippen molar-refractivity contribution < 1.29 is 32.9 Å². The number of phosphoric ester groups is 1. The summed E-state index contributed by atoms with van der Waals surface area (Å²) in [4.78, 5) is 25.4. The maximum Gasteiger partial charge on any atom is 0.268 e. The number of nitrogens with zero attached hydrogens (tertiary/aromatic N) is 1. The number of hydrogen-bond acceptors (Lipinski definition) is 6. The van der Waals surface area contributed by atoms with Gasteiger partial charge in [-0.25, -0.2) is 0 Å². The Morgan fingerprint density at radius 2 is 0.933 bits per heavy atom. The Hall–Kier alpha value is -1.54. The van der Waals surface area contributed by atoms with Gasteiger partial charge in [0.2, 0.25) is 5.91 Å². The number of quaternary nitrogens is 1. The van der Waals surface area contributed by atoms with Crippen LogP contribution in [0, 0.1) is 0 Å². The second-order valence-corrected chi connectivity index (χ2v) is 19.6. The number of amides is 1. The minimum Gasteiger partial charge on any atom is -0.756 e. The first kappa shape index (κ1) is 58.5. The third kappa shape index (κ3) is 44.5. The van der Waals surface area contributed by atoms with Gasteiger partial charge >= 0.3 is 0 Å². The van der Waals surface area contributed by atoms with Crippen molar-refractivity contribution in [2.24, 2.45) is 0 Å². The van der Waals surface area contributed by atoms with Gasteiger partial charge in [-0.15, -0.1) is 0 Å². The highest BCUT2D eigenvalue weighted by atomic mass is 31.2. The van der Waals surface area contributed by atoms with Gasteiger partial charge in [-0.1, -0.05) is 191 Å². The molecule has 0 aliphatic rings. The Morgan fingerprint density at radius 1 is 0.567 bits per heavy atom. The zero-order valence-corrected chi connectivity index (χ0v) is 40.8. The van der Waals surface area contributed by atoms with Crippen molar-refractivity contribution in [2.75, 3.05) is 40.9 Å². The van der Waals surface area contributed by atoms with Crippen LogP contribution < -0.4 is 10.2 Å². The number of aliphatic hydroxyl groups excluding tert-OH is 1. The van der Waals surface area contributed by atoms with E-state index >= 15 is 0 Å². The number of allylic oxidation sites excluding steroid dienone is 7. The molecule has 0 aromatic rings. The number of nitrogens with one attached hydrogen (secondary N) is 1. The van der Waals surface area contributed by atoms with Crippen molar-refractivity contribution in [3.05, 3.63) is 48.6 Å². The normalized spacial score (nSPS) is 14.6. The molecule has 0 bridgehead atoms. The molecular formula is C51H97N2O6P. The van der Waals surface area contributed by atoms with Crippen molar-refractivity contribution in [3.8, 4) is 0 Å². The van der Waals surface area contributed by atoms with Gasteiger partial charge < -0.3 is 28.8 Å². The summed E-state index contributed by atoms with van der Waals surface area (Å²) in [6.45, 7) is 4.62. The third-order valence-corrected chi connectivity index (χ3v) is 12.0. The van der Waals surface area contributed by atoms with Gasteiger partial charge in [-0.05, 0) is 70.6 Å². The Bertz CT molecular complexity index is 1120. The standard InChI is InChI=1S/C51H97N2O6P/c1-6-8-10-12-14-16-18-20-22-24-26-28-30-32-34-36-38-40-42-44-50(54)49(48-59-60(56,57)58-47-46-53(3,4)5)52-51(55)45-43-41-39-37-35-33-31-29-27-25-23-21-19-17-15-13-11-9-7-2/h21,23,26,28,34,36,42,44,49-50,54H,6-20,22,24-25,27,29-33,35,37-41,43,45-48H2,1-5H3,(H-,52,55,56,57)/b23-21-,28-26+,36-34+,44-42+. The van der Waals surface area contributed by atoms with Crippen molar-refractivity contribution in [2.45, 2.75) is 231 Å². The summed E-state index contributed by atoms with van der Waals surface area (Å²) in [6.07, 6.45) is 54.5. The lowest BCUT2D eigenvalue weighted by Crippen LogP contribution is -2.45. The quantitative estimate of drug-likeness (QED) is 0.0273. The molecule has 0 saturated carbocycles. The van der Waals surface area contributed by atoms with Crippen LogP contribution in [0.1, 0.15) is 219 Å². The molecule has 0 aliphatic carbocycles. The van der Waals surface area contributed by atoms with Gasteiger partial charge in [-0.2, -0.15) is 0 Å².